The minimum atomic E-state index is -1.12. The summed E-state index contributed by atoms with van der Waals surface area (Å²) >= 11 is 0. The van der Waals surface area contributed by atoms with E-state index in [1.807, 2.05) is 85.8 Å². The molecule has 10 heteroatoms. The average Bonchev–Trinajstić information content (AvgIpc) is 3.44. The largest absolute Gasteiger partial charge is 0.497 e. The Bertz CT molecular complexity index is 1690. The Kier molecular flexibility index (Phi) is 10.1. The van der Waals surface area contributed by atoms with Crippen LogP contribution in [-0.2, 0) is 15.1 Å². The third-order valence-corrected chi connectivity index (χ3v) is 7.83. The van der Waals surface area contributed by atoms with Crippen molar-refractivity contribution < 1.29 is 24.1 Å². The van der Waals surface area contributed by atoms with Crippen molar-refractivity contribution in [2.75, 3.05) is 20.8 Å². The van der Waals surface area contributed by atoms with Gasteiger partial charge in [-0.2, -0.15) is 9.78 Å². The molecule has 45 heavy (non-hydrogen) atoms. The van der Waals surface area contributed by atoms with Gasteiger partial charge in [-0.15, -0.1) is 0 Å². The first-order valence-corrected chi connectivity index (χ1v) is 14.9. The summed E-state index contributed by atoms with van der Waals surface area (Å²) in [4.78, 5) is 27.3. The number of aromatic nitrogens is 3. The first-order valence-electron chi connectivity index (χ1n) is 14.9. The molecule has 0 amide bonds. The Hall–Kier alpha value is -4.69. The molecule has 1 aromatic heterocycles. The lowest BCUT2D eigenvalue weighted by atomic mass is 9.80. The van der Waals surface area contributed by atoms with Crippen LogP contribution in [0.25, 0.3) is 0 Å². The molecule has 0 aliphatic carbocycles. The van der Waals surface area contributed by atoms with Crippen LogP contribution < -0.4 is 20.7 Å². The lowest BCUT2D eigenvalue weighted by Gasteiger charge is -2.37. The van der Waals surface area contributed by atoms with Crippen molar-refractivity contribution in [3.63, 3.8) is 0 Å². The van der Waals surface area contributed by atoms with Crippen LogP contribution >= 0.6 is 0 Å². The van der Waals surface area contributed by atoms with Gasteiger partial charge in [-0.3, -0.25) is 9.78 Å². The van der Waals surface area contributed by atoms with E-state index in [0.717, 1.165) is 34.2 Å². The van der Waals surface area contributed by atoms with Gasteiger partial charge in [-0.05, 0) is 53.3 Å². The van der Waals surface area contributed by atoms with Crippen molar-refractivity contribution in [3.8, 4) is 23.3 Å². The van der Waals surface area contributed by atoms with Crippen molar-refractivity contribution in [3.05, 3.63) is 122 Å². The van der Waals surface area contributed by atoms with Crippen molar-refractivity contribution in [1.82, 2.24) is 14.8 Å². The summed E-state index contributed by atoms with van der Waals surface area (Å²) in [6.07, 6.45) is -0.176. The van der Waals surface area contributed by atoms with Crippen molar-refractivity contribution >= 4 is 0 Å². The fraction of sp³-hybridized carbons (Fsp3) is 0.343. The zero-order chi connectivity index (χ0) is 31.8. The highest BCUT2D eigenvalue weighted by Gasteiger charge is 2.42. The number of nitrogens with one attached hydrogen (secondary N) is 1. The van der Waals surface area contributed by atoms with Crippen LogP contribution in [-0.4, -0.2) is 52.9 Å². The number of unbranched alkanes of at least 4 members (excludes halogenated alkanes) is 2. The molecular weight excluding hydrogens is 574 g/mol. The van der Waals surface area contributed by atoms with E-state index in [0.29, 0.717) is 17.9 Å². The number of rotatable bonds is 11. The molecule has 3 aromatic carbocycles. The smallest absolute Gasteiger partial charge is 0.347 e. The SMILES string of the molecule is CCCCC#Cc1nn([C@H]2C[C@H](O)[C@@H](COC(c3ccccc3)(c3ccc(OC)cc3)c3ccc(OC)cc3)O2)c(=O)[nH]c1=O. The van der Waals surface area contributed by atoms with E-state index in [1.54, 1.807) is 14.2 Å². The number of ether oxygens (including phenoxy) is 4. The molecule has 10 nitrogen and oxygen atoms in total. The van der Waals surface area contributed by atoms with Gasteiger partial charge in [-0.25, -0.2) is 4.79 Å². The van der Waals surface area contributed by atoms with Crippen LogP contribution in [0.3, 0.4) is 0 Å². The number of benzene rings is 3. The molecule has 0 bridgehead atoms. The van der Waals surface area contributed by atoms with Crippen LogP contribution in [0.2, 0.25) is 0 Å². The third-order valence-electron chi connectivity index (χ3n) is 7.83. The zero-order valence-corrected chi connectivity index (χ0v) is 25.6. The lowest BCUT2D eigenvalue weighted by molar-refractivity contribution is -0.0968. The molecule has 4 aromatic rings. The summed E-state index contributed by atoms with van der Waals surface area (Å²) in [5.41, 5.74) is -0.0879. The van der Waals surface area contributed by atoms with Gasteiger partial charge in [0.2, 0.25) is 0 Å². The first-order chi connectivity index (χ1) is 21.9. The molecule has 1 aliphatic heterocycles. The summed E-state index contributed by atoms with van der Waals surface area (Å²) < 4.78 is 24.9. The fourth-order valence-corrected chi connectivity index (χ4v) is 5.40. The summed E-state index contributed by atoms with van der Waals surface area (Å²) in [6, 6.07) is 25.0. The molecule has 0 radical (unpaired) electrons. The maximum absolute atomic E-state index is 12.7. The lowest BCUT2D eigenvalue weighted by Crippen LogP contribution is -2.38. The second-order valence-corrected chi connectivity index (χ2v) is 10.7. The highest BCUT2D eigenvalue weighted by atomic mass is 16.6. The molecule has 1 saturated heterocycles. The van der Waals surface area contributed by atoms with E-state index >= 15 is 0 Å². The van der Waals surface area contributed by atoms with Gasteiger partial charge in [0.25, 0.3) is 5.56 Å². The van der Waals surface area contributed by atoms with Crippen LogP contribution in [0.5, 0.6) is 11.5 Å². The second-order valence-electron chi connectivity index (χ2n) is 10.7. The summed E-state index contributed by atoms with van der Waals surface area (Å²) in [7, 11) is 3.22. The number of nitrogens with zero attached hydrogens (tertiary/aromatic N) is 2. The molecule has 3 atom stereocenters. The molecule has 234 valence electrons. The quantitative estimate of drug-likeness (QED) is 0.147. The molecule has 5 rings (SSSR count). The van der Waals surface area contributed by atoms with E-state index in [2.05, 4.69) is 21.9 Å². The average molecular weight is 612 g/mol. The summed E-state index contributed by atoms with van der Waals surface area (Å²) in [5.74, 6) is 7.07. The number of aromatic amines is 1. The monoisotopic (exact) mass is 611 g/mol. The summed E-state index contributed by atoms with van der Waals surface area (Å²) in [6.45, 7) is 2.01. The maximum atomic E-state index is 12.7. The van der Waals surface area contributed by atoms with Gasteiger partial charge in [0.1, 0.15) is 23.2 Å². The molecule has 0 saturated carbocycles. The number of H-pyrrole nitrogens is 1. The predicted octanol–water partition coefficient (Wildman–Crippen LogP) is 4.15. The molecule has 1 aliphatic rings. The maximum Gasteiger partial charge on any atom is 0.347 e. The molecular formula is C35H37N3O7. The first kappa shape index (κ1) is 31.7. The molecule has 0 unspecified atom stereocenters. The van der Waals surface area contributed by atoms with Gasteiger partial charge < -0.3 is 24.1 Å². The predicted molar refractivity (Wildman–Crippen MR) is 168 cm³/mol. The minimum absolute atomic E-state index is 0.0353. The van der Waals surface area contributed by atoms with E-state index in [9.17, 15) is 14.7 Å². The Balaban J connectivity index is 1.49. The van der Waals surface area contributed by atoms with Gasteiger partial charge in [0.15, 0.2) is 11.9 Å². The molecule has 2 N–H and O–H groups in total. The second kappa shape index (κ2) is 14.4. The van der Waals surface area contributed by atoms with Crippen molar-refractivity contribution in [2.45, 2.75) is 56.6 Å². The fourth-order valence-electron chi connectivity index (χ4n) is 5.40. The van der Waals surface area contributed by atoms with E-state index < -0.39 is 35.3 Å². The van der Waals surface area contributed by atoms with Gasteiger partial charge in [0.05, 0.1) is 26.9 Å². The molecule has 1 fully saturated rings. The van der Waals surface area contributed by atoms with Gasteiger partial charge >= 0.3 is 5.69 Å². The topological polar surface area (TPSA) is 125 Å². The number of hydrogen-bond acceptors (Lipinski definition) is 8. The Morgan fingerprint density at radius 2 is 1.56 bits per heavy atom. The van der Waals surface area contributed by atoms with Crippen LogP contribution in [0.15, 0.2) is 88.5 Å². The third kappa shape index (κ3) is 6.86. The van der Waals surface area contributed by atoms with Crippen LogP contribution in [0.1, 0.15) is 61.2 Å². The Morgan fingerprint density at radius 1 is 0.956 bits per heavy atom. The normalized spacial score (nSPS) is 17.8. The highest BCUT2D eigenvalue weighted by Crippen LogP contribution is 2.42. The van der Waals surface area contributed by atoms with Crippen molar-refractivity contribution in [1.29, 1.82) is 0 Å². The van der Waals surface area contributed by atoms with Crippen LogP contribution in [0.4, 0.5) is 0 Å². The van der Waals surface area contributed by atoms with E-state index in [1.165, 1.54) is 0 Å². The Morgan fingerprint density at radius 3 is 2.13 bits per heavy atom. The molecule has 0 spiro atoms. The minimum Gasteiger partial charge on any atom is -0.497 e. The summed E-state index contributed by atoms with van der Waals surface area (Å²) in [5, 5.41) is 15.3. The van der Waals surface area contributed by atoms with Crippen LogP contribution in [0, 0.1) is 11.8 Å². The van der Waals surface area contributed by atoms with Gasteiger partial charge in [0, 0.05) is 12.8 Å². The van der Waals surface area contributed by atoms with E-state index in [-0.39, 0.29) is 18.7 Å². The van der Waals surface area contributed by atoms with E-state index in [4.69, 9.17) is 18.9 Å². The Labute approximate surface area is 261 Å². The standard InChI is InChI=1S/C35H37N3O7/c1-4-5-6-10-13-29-33(40)36-34(41)38(37-29)32-22-30(39)31(45-32)23-44-35(24-11-8-7-9-12-24,25-14-18-27(42-2)19-15-25)26-16-20-28(43-3)21-17-26/h7-9,11-12,14-21,30-32,39H,4-6,22-23H2,1-3H3,(H,36,40,41)/t30-,31+,32+/m0/s1. The zero-order valence-electron chi connectivity index (χ0n) is 25.6. The number of methoxy groups -OCH3 is 2. The molecule has 2 heterocycles. The number of aliphatic hydroxyl groups excluding tert-OH is 1. The van der Waals surface area contributed by atoms with Gasteiger partial charge in [-0.1, -0.05) is 73.9 Å². The number of aliphatic hydroxyl groups is 1. The highest BCUT2D eigenvalue weighted by molar-refractivity contribution is 5.49. The van der Waals surface area contributed by atoms with Crippen molar-refractivity contribution in [2.24, 2.45) is 0 Å². The number of hydrogen-bond donors (Lipinski definition) is 2.